The van der Waals surface area contributed by atoms with Crippen LogP contribution in [0.15, 0.2) is 12.2 Å². The lowest BCUT2D eigenvalue weighted by Crippen LogP contribution is -2.29. The highest BCUT2D eigenvalue weighted by molar-refractivity contribution is 7.47. The summed E-state index contributed by atoms with van der Waals surface area (Å²) < 4.78 is 32.6. The Morgan fingerprint density at radius 3 is 1.16 bits per heavy atom. The van der Waals surface area contributed by atoms with Gasteiger partial charge in [0.1, 0.15) is 6.61 Å². The molecule has 0 fully saturated rings. The Labute approximate surface area is 377 Å². The minimum absolute atomic E-state index is 0.0567. The topological polar surface area (TPSA) is 134 Å². The van der Waals surface area contributed by atoms with Crippen LogP contribution in [-0.4, -0.2) is 49.3 Å². The standard InChI is InChI=1S/C51H100NO8P/c1-3-5-7-9-10-11-12-13-14-15-16-17-18-19-20-21-22-23-24-25-26-27-28-29-30-31-32-33-34-35-36-37-38-40-42-44-51(54)60-49(48-59-61(55,56)58-46-45-52)47-57-50(53)43-41-39-8-6-4-2/h15-16,49H,3-14,17-48,52H2,1-2H3,(H,55,56)/b16-15-. The molecule has 0 spiro atoms. The molecular weight excluding hydrogens is 786 g/mol. The molecule has 0 amide bonds. The number of esters is 2. The Hall–Kier alpha value is -1.25. The molecule has 0 heterocycles. The fraction of sp³-hybridized carbons (Fsp3) is 0.922. The molecule has 0 saturated carbocycles. The second kappa shape index (κ2) is 48.2. The Morgan fingerprint density at radius 2 is 0.803 bits per heavy atom. The van der Waals surface area contributed by atoms with Crippen molar-refractivity contribution in [2.24, 2.45) is 5.73 Å². The first-order valence-corrected chi connectivity index (χ1v) is 27.7. The lowest BCUT2D eigenvalue weighted by atomic mass is 10.0. The maximum Gasteiger partial charge on any atom is 0.472 e. The summed E-state index contributed by atoms with van der Waals surface area (Å²) in [4.78, 5) is 34.6. The van der Waals surface area contributed by atoms with Crippen molar-refractivity contribution in [1.82, 2.24) is 0 Å². The molecule has 0 aromatic heterocycles. The number of carbonyl (C=O) groups is 2. The number of phosphoric ester groups is 1. The summed E-state index contributed by atoms with van der Waals surface area (Å²) in [6.45, 7) is 3.67. The molecule has 2 unspecified atom stereocenters. The number of ether oxygens (including phenoxy) is 2. The van der Waals surface area contributed by atoms with Gasteiger partial charge in [0.25, 0.3) is 0 Å². The molecular formula is C51H100NO8P. The van der Waals surface area contributed by atoms with Crippen molar-refractivity contribution in [2.75, 3.05) is 26.4 Å². The van der Waals surface area contributed by atoms with Gasteiger partial charge in [-0.05, 0) is 38.5 Å². The van der Waals surface area contributed by atoms with Gasteiger partial charge in [0.2, 0.25) is 0 Å². The van der Waals surface area contributed by atoms with E-state index in [4.69, 9.17) is 24.3 Å². The van der Waals surface area contributed by atoms with Gasteiger partial charge >= 0.3 is 19.8 Å². The van der Waals surface area contributed by atoms with Crippen molar-refractivity contribution >= 4 is 19.8 Å². The van der Waals surface area contributed by atoms with E-state index in [-0.39, 0.29) is 38.6 Å². The van der Waals surface area contributed by atoms with Crippen molar-refractivity contribution in [2.45, 2.75) is 277 Å². The van der Waals surface area contributed by atoms with Crippen LogP contribution in [0.3, 0.4) is 0 Å². The van der Waals surface area contributed by atoms with Crippen LogP contribution in [0.2, 0.25) is 0 Å². The number of hydrogen-bond donors (Lipinski definition) is 2. The van der Waals surface area contributed by atoms with Gasteiger partial charge in [-0.1, -0.05) is 231 Å². The van der Waals surface area contributed by atoms with Crippen molar-refractivity contribution < 1.29 is 37.6 Å². The van der Waals surface area contributed by atoms with Gasteiger partial charge in [-0.2, -0.15) is 0 Å². The van der Waals surface area contributed by atoms with Crippen molar-refractivity contribution in [3.63, 3.8) is 0 Å². The number of rotatable bonds is 50. The quantitative estimate of drug-likeness (QED) is 0.0265. The average molecular weight is 886 g/mol. The number of phosphoric acid groups is 1. The van der Waals surface area contributed by atoms with Crippen molar-refractivity contribution in [3.8, 4) is 0 Å². The van der Waals surface area contributed by atoms with Gasteiger partial charge < -0.3 is 20.1 Å². The normalized spacial score (nSPS) is 13.2. The first kappa shape index (κ1) is 59.8. The third-order valence-corrected chi connectivity index (χ3v) is 12.6. The van der Waals surface area contributed by atoms with Gasteiger partial charge in [-0.3, -0.25) is 18.6 Å². The van der Waals surface area contributed by atoms with Crippen LogP contribution in [0.4, 0.5) is 0 Å². The van der Waals surface area contributed by atoms with E-state index in [9.17, 15) is 19.0 Å². The zero-order chi connectivity index (χ0) is 44.6. The molecule has 0 aliphatic heterocycles. The maximum atomic E-state index is 12.5. The summed E-state index contributed by atoms with van der Waals surface area (Å²) in [5.41, 5.74) is 5.33. The Balaban J connectivity index is 3.63. The third-order valence-electron chi connectivity index (χ3n) is 11.7. The molecule has 9 nitrogen and oxygen atoms in total. The molecule has 2 atom stereocenters. The molecule has 0 aromatic rings. The highest BCUT2D eigenvalue weighted by Gasteiger charge is 2.26. The van der Waals surface area contributed by atoms with Gasteiger partial charge in [-0.25, -0.2) is 4.57 Å². The van der Waals surface area contributed by atoms with E-state index in [2.05, 4.69) is 26.0 Å². The molecule has 0 aromatic carbocycles. The highest BCUT2D eigenvalue weighted by Crippen LogP contribution is 2.43. The Morgan fingerprint density at radius 1 is 0.475 bits per heavy atom. The third kappa shape index (κ3) is 48.1. The van der Waals surface area contributed by atoms with Crippen LogP contribution in [0.5, 0.6) is 0 Å². The van der Waals surface area contributed by atoms with Crippen LogP contribution in [0.25, 0.3) is 0 Å². The van der Waals surface area contributed by atoms with Crippen LogP contribution < -0.4 is 5.73 Å². The van der Waals surface area contributed by atoms with Crippen LogP contribution in [0, 0.1) is 0 Å². The summed E-state index contributed by atoms with van der Waals surface area (Å²) in [6.07, 6.45) is 53.5. The van der Waals surface area contributed by atoms with Gasteiger partial charge in [-0.15, -0.1) is 0 Å². The molecule has 0 radical (unpaired) electrons. The lowest BCUT2D eigenvalue weighted by molar-refractivity contribution is -0.161. The fourth-order valence-electron chi connectivity index (χ4n) is 7.75. The SMILES string of the molecule is CCCCCCCCCC/C=C\CCCCCCCCCCCCCCCCCCCCCCCCCC(=O)OC(COC(=O)CCCCCCC)COP(=O)(O)OCCN. The van der Waals surface area contributed by atoms with E-state index in [1.54, 1.807) is 0 Å². The summed E-state index contributed by atoms with van der Waals surface area (Å²) in [5, 5.41) is 0. The summed E-state index contributed by atoms with van der Waals surface area (Å²) in [6, 6.07) is 0. The van der Waals surface area contributed by atoms with E-state index in [0.29, 0.717) is 6.42 Å². The maximum absolute atomic E-state index is 12.5. The number of nitrogens with two attached hydrogens (primary N) is 1. The summed E-state index contributed by atoms with van der Waals surface area (Å²) in [7, 11) is -4.36. The highest BCUT2D eigenvalue weighted by atomic mass is 31.2. The smallest absolute Gasteiger partial charge is 0.462 e. The van der Waals surface area contributed by atoms with Crippen molar-refractivity contribution in [1.29, 1.82) is 0 Å². The van der Waals surface area contributed by atoms with Crippen LogP contribution >= 0.6 is 7.82 Å². The summed E-state index contributed by atoms with van der Waals surface area (Å²) >= 11 is 0. The lowest BCUT2D eigenvalue weighted by Gasteiger charge is -2.19. The Kier molecular flexibility index (Phi) is 47.2. The number of carbonyl (C=O) groups excluding carboxylic acids is 2. The molecule has 0 rings (SSSR count). The predicted molar refractivity (Wildman–Crippen MR) is 257 cm³/mol. The first-order valence-electron chi connectivity index (χ1n) is 26.2. The first-order chi connectivity index (χ1) is 29.8. The molecule has 0 aliphatic rings. The molecule has 0 bridgehead atoms. The molecule has 0 saturated heterocycles. The molecule has 10 heteroatoms. The average Bonchev–Trinajstić information content (AvgIpc) is 3.25. The van der Waals surface area contributed by atoms with E-state index in [1.165, 1.54) is 193 Å². The predicted octanol–water partition coefficient (Wildman–Crippen LogP) is 15.7. The minimum atomic E-state index is -4.36. The van der Waals surface area contributed by atoms with Gasteiger partial charge in [0.05, 0.1) is 13.2 Å². The summed E-state index contributed by atoms with van der Waals surface area (Å²) in [5.74, 6) is -0.829. The van der Waals surface area contributed by atoms with E-state index in [0.717, 1.165) is 44.9 Å². The van der Waals surface area contributed by atoms with Crippen molar-refractivity contribution in [3.05, 3.63) is 12.2 Å². The second-order valence-corrected chi connectivity index (χ2v) is 19.2. The Bertz CT molecular complexity index is 1010. The molecule has 0 aliphatic carbocycles. The van der Waals surface area contributed by atoms with Gasteiger partial charge in [0, 0.05) is 19.4 Å². The zero-order valence-corrected chi connectivity index (χ0v) is 41.1. The zero-order valence-electron chi connectivity index (χ0n) is 40.2. The van der Waals surface area contributed by atoms with E-state index in [1.807, 2.05) is 0 Å². The molecule has 61 heavy (non-hydrogen) atoms. The largest absolute Gasteiger partial charge is 0.472 e. The number of allylic oxidation sites excluding steroid dienone is 2. The second-order valence-electron chi connectivity index (χ2n) is 17.8. The molecule has 3 N–H and O–H groups in total. The molecule has 362 valence electrons. The van der Waals surface area contributed by atoms with E-state index >= 15 is 0 Å². The fourth-order valence-corrected chi connectivity index (χ4v) is 8.52. The number of hydrogen-bond acceptors (Lipinski definition) is 8. The van der Waals surface area contributed by atoms with Crippen LogP contribution in [-0.2, 0) is 32.7 Å². The van der Waals surface area contributed by atoms with Gasteiger partial charge in [0.15, 0.2) is 6.10 Å². The minimum Gasteiger partial charge on any atom is -0.462 e. The van der Waals surface area contributed by atoms with E-state index < -0.39 is 26.5 Å². The monoisotopic (exact) mass is 886 g/mol. The number of unbranched alkanes of at least 4 members (excludes halogenated alkanes) is 35. The van der Waals surface area contributed by atoms with Crippen LogP contribution in [0.1, 0.15) is 271 Å².